The van der Waals surface area contributed by atoms with Crippen LogP contribution in [0.25, 0.3) is 0 Å². The van der Waals surface area contributed by atoms with Crippen LogP contribution in [0.5, 0.6) is 0 Å². The third kappa shape index (κ3) is 4.94. The highest BCUT2D eigenvalue weighted by atomic mass is 32.2. The fourth-order valence-corrected chi connectivity index (χ4v) is 4.40. The van der Waals surface area contributed by atoms with Crippen molar-refractivity contribution in [3.05, 3.63) is 0 Å². The van der Waals surface area contributed by atoms with Gasteiger partial charge in [0.25, 0.3) is 0 Å². The lowest BCUT2D eigenvalue weighted by Crippen LogP contribution is -2.38. The first-order valence-electron chi connectivity index (χ1n) is 6.44. The Morgan fingerprint density at radius 1 is 1.41 bits per heavy atom. The summed E-state index contributed by atoms with van der Waals surface area (Å²) in [5, 5.41) is 0. The van der Waals surface area contributed by atoms with E-state index in [1.807, 2.05) is 7.05 Å². The molecule has 102 valence electrons. The van der Waals surface area contributed by atoms with Crippen molar-refractivity contribution in [2.24, 2.45) is 17.6 Å². The number of rotatable bonds is 6. The number of nitrogens with two attached hydrogens (primary N) is 1. The molecule has 0 saturated carbocycles. The zero-order valence-electron chi connectivity index (χ0n) is 11.2. The molecule has 0 aromatic heterocycles. The van der Waals surface area contributed by atoms with E-state index >= 15 is 0 Å². The van der Waals surface area contributed by atoms with Crippen LogP contribution in [0.1, 0.15) is 26.7 Å². The Morgan fingerprint density at radius 2 is 2.06 bits per heavy atom. The molecule has 0 radical (unpaired) electrons. The van der Waals surface area contributed by atoms with E-state index < -0.39 is 9.84 Å². The highest BCUT2D eigenvalue weighted by Gasteiger charge is 2.31. The van der Waals surface area contributed by atoms with Gasteiger partial charge in [-0.25, -0.2) is 8.42 Å². The Balaban J connectivity index is 2.45. The van der Waals surface area contributed by atoms with Crippen molar-refractivity contribution < 1.29 is 8.42 Å². The van der Waals surface area contributed by atoms with Crippen LogP contribution in [0, 0.1) is 11.8 Å². The van der Waals surface area contributed by atoms with E-state index in [0.29, 0.717) is 29.9 Å². The van der Waals surface area contributed by atoms with E-state index in [4.69, 9.17) is 5.73 Å². The molecule has 4 nitrogen and oxygen atoms in total. The summed E-state index contributed by atoms with van der Waals surface area (Å²) in [4.78, 5) is 2.18. The summed E-state index contributed by atoms with van der Waals surface area (Å²) in [6, 6.07) is 0.196. The molecule has 0 aliphatic carbocycles. The molecule has 1 heterocycles. The maximum Gasteiger partial charge on any atom is 0.151 e. The van der Waals surface area contributed by atoms with Crippen LogP contribution in [0.3, 0.4) is 0 Å². The van der Waals surface area contributed by atoms with Gasteiger partial charge >= 0.3 is 0 Å². The number of sulfone groups is 1. The van der Waals surface area contributed by atoms with E-state index in [1.165, 1.54) is 0 Å². The molecule has 17 heavy (non-hydrogen) atoms. The summed E-state index contributed by atoms with van der Waals surface area (Å²) >= 11 is 0. The lowest BCUT2D eigenvalue weighted by atomic mass is 9.96. The second-order valence-corrected chi connectivity index (χ2v) is 7.96. The third-order valence-electron chi connectivity index (χ3n) is 3.52. The van der Waals surface area contributed by atoms with Crippen LogP contribution in [0.2, 0.25) is 0 Å². The summed E-state index contributed by atoms with van der Waals surface area (Å²) in [5.41, 5.74) is 5.78. The fourth-order valence-electron chi connectivity index (χ4n) is 2.59. The SMILES string of the molecule is CC(C)CC(CN)CN(C)C1CCS(=O)(=O)C1. The molecule has 0 aromatic carbocycles. The summed E-state index contributed by atoms with van der Waals surface area (Å²) < 4.78 is 22.9. The molecule has 1 aliphatic rings. The van der Waals surface area contributed by atoms with Gasteiger partial charge in [-0.1, -0.05) is 13.8 Å². The normalized spacial score (nSPS) is 25.6. The molecule has 1 fully saturated rings. The fraction of sp³-hybridized carbons (Fsp3) is 1.00. The predicted molar refractivity (Wildman–Crippen MR) is 71.7 cm³/mol. The monoisotopic (exact) mass is 262 g/mol. The Kier molecular flexibility index (Phi) is 5.41. The summed E-state index contributed by atoms with van der Waals surface area (Å²) in [7, 11) is -0.757. The molecule has 1 aliphatic heterocycles. The molecule has 2 atom stereocenters. The molecule has 1 rings (SSSR count). The summed E-state index contributed by atoms with van der Waals surface area (Å²) in [6.07, 6.45) is 1.89. The molecular formula is C12H26N2O2S. The largest absolute Gasteiger partial charge is 0.330 e. The molecule has 0 aromatic rings. The summed E-state index contributed by atoms with van der Waals surface area (Å²) in [5.74, 6) is 1.79. The average molecular weight is 262 g/mol. The van der Waals surface area contributed by atoms with Gasteiger partial charge in [-0.2, -0.15) is 0 Å². The highest BCUT2D eigenvalue weighted by molar-refractivity contribution is 7.91. The second-order valence-electron chi connectivity index (χ2n) is 5.73. The Bertz CT molecular complexity index is 327. The molecule has 2 unspecified atom stereocenters. The van der Waals surface area contributed by atoms with Crippen molar-refractivity contribution in [1.82, 2.24) is 4.90 Å². The first kappa shape index (κ1) is 14.9. The van der Waals surface area contributed by atoms with Gasteiger partial charge in [-0.3, -0.25) is 0 Å². The number of hydrogen-bond donors (Lipinski definition) is 1. The van der Waals surface area contributed by atoms with Gasteiger partial charge in [-0.15, -0.1) is 0 Å². The van der Waals surface area contributed by atoms with Crippen molar-refractivity contribution in [3.63, 3.8) is 0 Å². The van der Waals surface area contributed by atoms with Crippen LogP contribution in [-0.4, -0.2) is 51.0 Å². The van der Waals surface area contributed by atoms with Crippen LogP contribution in [0.15, 0.2) is 0 Å². The summed E-state index contributed by atoms with van der Waals surface area (Å²) in [6.45, 7) is 5.99. The standard InChI is InChI=1S/C12H26N2O2S/c1-10(2)6-11(7-13)8-14(3)12-4-5-17(15,16)9-12/h10-12H,4-9,13H2,1-3H3. The van der Waals surface area contributed by atoms with Crippen molar-refractivity contribution in [3.8, 4) is 0 Å². The van der Waals surface area contributed by atoms with E-state index in [-0.39, 0.29) is 6.04 Å². The van der Waals surface area contributed by atoms with Crippen molar-refractivity contribution in [2.45, 2.75) is 32.7 Å². The van der Waals surface area contributed by atoms with E-state index in [0.717, 1.165) is 19.4 Å². The van der Waals surface area contributed by atoms with E-state index in [1.54, 1.807) is 0 Å². The zero-order valence-corrected chi connectivity index (χ0v) is 12.0. The topological polar surface area (TPSA) is 63.4 Å². The van der Waals surface area contributed by atoms with E-state index in [2.05, 4.69) is 18.7 Å². The maximum atomic E-state index is 11.4. The quantitative estimate of drug-likeness (QED) is 0.766. The van der Waals surface area contributed by atoms with Crippen LogP contribution >= 0.6 is 0 Å². The molecule has 0 amide bonds. The maximum absolute atomic E-state index is 11.4. The number of nitrogens with zero attached hydrogens (tertiary/aromatic N) is 1. The molecule has 0 spiro atoms. The Labute approximate surface area is 105 Å². The minimum absolute atomic E-state index is 0.196. The third-order valence-corrected chi connectivity index (χ3v) is 5.27. The molecule has 0 bridgehead atoms. The Morgan fingerprint density at radius 3 is 2.47 bits per heavy atom. The van der Waals surface area contributed by atoms with Gasteiger partial charge < -0.3 is 10.6 Å². The molecule has 2 N–H and O–H groups in total. The first-order valence-corrected chi connectivity index (χ1v) is 8.27. The van der Waals surface area contributed by atoms with Crippen LogP contribution < -0.4 is 5.73 Å². The lowest BCUT2D eigenvalue weighted by Gasteiger charge is -2.28. The molecular weight excluding hydrogens is 236 g/mol. The number of hydrogen-bond acceptors (Lipinski definition) is 4. The van der Waals surface area contributed by atoms with Crippen molar-refractivity contribution >= 4 is 9.84 Å². The van der Waals surface area contributed by atoms with Crippen LogP contribution in [0.4, 0.5) is 0 Å². The minimum Gasteiger partial charge on any atom is -0.330 e. The van der Waals surface area contributed by atoms with Gasteiger partial charge in [0.05, 0.1) is 11.5 Å². The van der Waals surface area contributed by atoms with Gasteiger partial charge in [0.2, 0.25) is 0 Å². The van der Waals surface area contributed by atoms with Crippen molar-refractivity contribution in [1.29, 1.82) is 0 Å². The minimum atomic E-state index is -2.78. The molecule has 1 saturated heterocycles. The average Bonchev–Trinajstić information content (AvgIpc) is 2.57. The van der Waals surface area contributed by atoms with Gasteiger partial charge in [0, 0.05) is 12.6 Å². The van der Waals surface area contributed by atoms with Gasteiger partial charge in [-0.05, 0) is 38.3 Å². The van der Waals surface area contributed by atoms with E-state index in [9.17, 15) is 8.42 Å². The highest BCUT2D eigenvalue weighted by Crippen LogP contribution is 2.19. The van der Waals surface area contributed by atoms with Crippen LogP contribution in [-0.2, 0) is 9.84 Å². The predicted octanol–water partition coefficient (Wildman–Crippen LogP) is 0.726. The zero-order chi connectivity index (χ0) is 13.1. The van der Waals surface area contributed by atoms with Crippen molar-refractivity contribution in [2.75, 3.05) is 31.6 Å². The second kappa shape index (κ2) is 6.16. The van der Waals surface area contributed by atoms with Gasteiger partial charge in [0.15, 0.2) is 9.84 Å². The Hall–Kier alpha value is -0.130. The smallest absolute Gasteiger partial charge is 0.151 e. The van der Waals surface area contributed by atoms with Gasteiger partial charge in [0.1, 0.15) is 0 Å². The molecule has 5 heteroatoms. The first-order chi connectivity index (χ1) is 7.84. The lowest BCUT2D eigenvalue weighted by molar-refractivity contribution is 0.209.